The SMILES string of the molecule is CCN(C(C)(C)C)[Si@@](C)(CCCCCCOC(C)(C)C)C1C(C)C(C)C(C)C1C. The molecule has 0 aliphatic heterocycles. The first-order valence-electron chi connectivity index (χ1n) is 12.6. The zero-order valence-electron chi connectivity index (χ0n) is 22.2. The van der Waals surface area contributed by atoms with E-state index in [1.54, 1.807) is 0 Å². The number of nitrogens with zero attached hydrogens (tertiary/aromatic N) is 1. The van der Waals surface area contributed by atoms with E-state index in [2.05, 4.69) is 87.3 Å². The molecule has 0 saturated heterocycles. The highest BCUT2D eigenvalue weighted by Crippen LogP contribution is 2.56. The summed E-state index contributed by atoms with van der Waals surface area (Å²) in [4.78, 5) is 0. The molecule has 0 amide bonds. The highest BCUT2D eigenvalue weighted by molar-refractivity contribution is 6.77. The van der Waals surface area contributed by atoms with Crippen LogP contribution >= 0.6 is 0 Å². The zero-order valence-corrected chi connectivity index (χ0v) is 23.2. The fourth-order valence-corrected chi connectivity index (χ4v) is 13.7. The molecule has 0 aromatic heterocycles. The van der Waals surface area contributed by atoms with Gasteiger partial charge in [0.2, 0.25) is 0 Å². The van der Waals surface area contributed by atoms with E-state index in [1.165, 1.54) is 38.3 Å². The number of rotatable bonds is 10. The first-order valence-corrected chi connectivity index (χ1v) is 15.3. The van der Waals surface area contributed by atoms with Crippen LogP contribution in [0, 0.1) is 23.7 Å². The van der Waals surface area contributed by atoms with Crippen molar-refractivity contribution in [1.82, 2.24) is 4.57 Å². The van der Waals surface area contributed by atoms with Crippen LogP contribution in [0.5, 0.6) is 0 Å². The molecule has 0 spiro atoms. The average Bonchev–Trinajstić information content (AvgIpc) is 2.76. The molecule has 1 saturated carbocycles. The monoisotopic (exact) mass is 425 g/mol. The van der Waals surface area contributed by atoms with Crippen molar-refractivity contribution in [3.63, 3.8) is 0 Å². The van der Waals surface area contributed by atoms with Gasteiger partial charge in [0.05, 0.1) is 5.60 Å². The van der Waals surface area contributed by atoms with Crippen molar-refractivity contribution < 1.29 is 4.74 Å². The topological polar surface area (TPSA) is 12.5 Å². The Hall–Kier alpha value is 0.137. The molecule has 2 nitrogen and oxygen atoms in total. The van der Waals surface area contributed by atoms with Gasteiger partial charge in [-0.15, -0.1) is 0 Å². The van der Waals surface area contributed by atoms with Crippen LogP contribution in [0.3, 0.4) is 0 Å². The van der Waals surface area contributed by atoms with E-state index in [0.717, 1.165) is 35.8 Å². The first-order chi connectivity index (χ1) is 13.2. The van der Waals surface area contributed by atoms with Crippen LogP contribution in [0.25, 0.3) is 0 Å². The predicted octanol–water partition coefficient (Wildman–Crippen LogP) is 7.99. The van der Waals surface area contributed by atoms with Gasteiger partial charge in [-0.1, -0.05) is 60.4 Å². The van der Waals surface area contributed by atoms with Crippen LogP contribution < -0.4 is 0 Å². The van der Waals surface area contributed by atoms with Crippen LogP contribution in [0.4, 0.5) is 0 Å². The van der Waals surface area contributed by atoms with E-state index in [1.807, 2.05) is 0 Å². The van der Waals surface area contributed by atoms with Crippen LogP contribution in [-0.4, -0.2) is 37.1 Å². The minimum atomic E-state index is -1.59. The Morgan fingerprint density at radius 1 is 0.759 bits per heavy atom. The van der Waals surface area contributed by atoms with Crippen molar-refractivity contribution in [2.75, 3.05) is 13.2 Å². The maximum Gasteiger partial charge on any atom is 0.129 e. The van der Waals surface area contributed by atoms with Gasteiger partial charge in [-0.05, 0) is 89.8 Å². The van der Waals surface area contributed by atoms with Gasteiger partial charge in [-0.25, -0.2) is 0 Å². The van der Waals surface area contributed by atoms with Gasteiger partial charge in [0.1, 0.15) is 8.24 Å². The van der Waals surface area contributed by atoms with Crippen molar-refractivity contribution in [1.29, 1.82) is 0 Å². The Bertz CT molecular complexity index is 466. The van der Waals surface area contributed by atoms with Crippen molar-refractivity contribution in [3.05, 3.63) is 0 Å². The molecule has 3 heteroatoms. The summed E-state index contributed by atoms with van der Waals surface area (Å²) in [5, 5.41) is 0. The van der Waals surface area contributed by atoms with Crippen LogP contribution in [0.2, 0.25) is 18.1 Å². The largest absolute Gasteiger partial charge is 0.376 e. The quantitative estimate of drug-likeness (QED) is 0.260. The lowest BCUT2D eigenvalue weighted by Crippen LogP contribution is -2.62. The second-order valence-corrected chi connectivity index (χ2v) is 16.8. The fourth-order valence-electron chi connectivity index (χ4n) is 6.62. The molecule has 0 aromatic carbocycles. The molecular weight excluding hydrogens is 370 g/mol. The molecule has 0 N–H and O–H groups in total. The molecule has 5 atom stereocenters. The maximum absolute atomic E-state index is 5.91. The van der Waals surface area contributed by atoms with E-state index < -0.39 is 8.24 Å². The lowest BCUT2D eigenvalue weighted by atomic mass is 9.92. The highest BCUT2D eigenvalue weighted by atomic mass is 28.3. The third kappa shape index (κ3) is 7.07. The molecule has 1 aliphatic carbocycles. The Balaban J connectivity index is 2.85. The lowest BCUT2D eigenvalue weighted by Gasteiger charge is -2.53. The molecule has 1 aliphatic rings. The molecule has 29 heavy (non-hydrogen) atoms. The van der Waals surface area contributed by atoms with Crippen molar-refractivity contribution in [2.24, 2.45) is 23.7 Å². The molecule has 1 rings (SSSR count). The first kappa shape index (κ1) is 27.2. The van der Waals surface area contributed by atoms with E-state index in [9.17, 15) is 0 Å². The van der Waals surface area contributed by atoms with Crippen molar-refractivity contribution in [3.8, 4) is 0 Å². The van der Waals surface area contributed by atoms with Gasteiger partial charge < -0.3 is 9.30 Å². The Morgan fingerprint density at radius 3 is 1.66 bits per heavy atom. The standard InChI is InChI=1S/C26H55NOSi/c1-13-27(25(6,7)8)29(12,24-22(4)20(2)21(3)23(24)5)19-17-15-14-16-18-28-26(9,10)11/h20-24H,13-19H2,1-12H3/t20?,21?,22?,23?,24?,29-/m0/s1. The highest BCUT2D eigenvalue weighted by Gasteiger charge is 2.54. The summed E-state index contributed by atoms with van der Waals surface area (Å²) < 4.78 is 8.89. The summed E-state index contributed by atoms with van der Waals surface area (Å²) in [6.45, 7) is 31.2. The van der Waals surface area contributed by atoms with Crippen molar-refractivity contribution in [2.45, 2.75) is 131 Å². The number of unbranched alkanes of at least 4 members (excludes halogenated alkanes) is 3. The van der Waals surface area contributed by atoms with Gasteiger partial charge in [0, 0.05) is 12.1 Å². The third-order valence-electron chi connectivity index (χ3n) is 8.19. The van der Waals surface area contributed by atoms with Crippen LogP contribution in [0.15, 0.2) is 0 Å². The Kier molecular flexibility index (Phi) is 9.97. The van der Waals surface area contributed by atoms with Crippen molar-refractivity contribution >= 4 is 8.24 Å². The Labute approximate surface area is 185 Å². The summed E-state index contributed by atoms with van der Waals surface area (Å²) in [5.41, 5.74) is 1.18. The zero-order chi connectivity index (χ0) is 22.6. The lowest BCUT2D eigenvalue weighted by molar-refractivity contribution is -0.00471. The summed E-state index contributed by atoms with van der Waals surface area (Å²) in [5.74, 6) is 3.42. The molecule has 1 fully saturated rings. The molecule has 0 bridgehead atoms. The summed E-state index contributed by atoms with van der Waals surface area (Å²) in [6, 6.07) is 1.46. The second kappa shape index (κ2) is 10.6. The van der Waals surface area contributed by atoms with E-state index >= 15 is 0 Å². The van der Waals surface area contributed by atoms with Gasteiger partial charge in [0.25, 0.3) is 0 Å². The number of ether oxygens (including phenoxy) is 1. The van der Waals surface area contributed by atoms with E-state index in [-0.39, 0.29) is 11.1 Å². The average molecular weight is 426 g/mol. The molecule has 0 radical (unpaired) electrons. The smallest absolute Gasteiger partial charge is 0.129 e. The van der Waals surface area contributed by atoms with Crippen LogP contribution in [-0.2, 0) is 4.74 Å². The molecule has 0 heterocycles. The summed E-state index contributed by atoms with van der Waals surface area (Å²) >= 11 is 0. The summed E-state index contributed by atoms with van der Waals surface area (Å²) in [7, 11) is -1.59. The maximum atomic E-state index is 5.91. The van der Waals surface area contributed by atoms with Gasteiger partial charge in [-0.2, -0.15) is 0 Å². The minimum absolute atomic E-state index is 0.00194. The molecule has 4 unspecified atom stereocenters. The predicted molar refractivity (Wildman–Crippen MR) is 133 cm³/mol. The second-order valence-electron chi connectivity index (χ2n) is 12.4. The normalized spacial score (nSPS) is 30.7. The van der Waals surface area contributed by atoms with Gasteiger partial charge in [0.15, 0.2) is 0 Å². The third-order valence-corrected chi connectivity index (χ3v) is 14.3. The fraction of sp³-hybridized carbons (Fsp3) is 1.00. The summed E-state index contributed by atoms with van der Waals surface area (Å²) in [6.07, 6.45) is 5.27. The van der Waals surface area contributed by atoms with E-state index in [4.69, 9.17) is 4.74 Å². The molecule has 174 valence electrons. The molecule has 0 aromatic rings. The number of hydrogen-bond donors (Lipinski definition) is 0. The van der Waals surface area contributed by atoms with Gasteiger partial charge >= 0.3 is 0 Å². The minimum Gasteiger partial charge on any atom is -0.376 e. The van der Waals surface area contributed by atoms with Gasteiger partial charge in [-0.3, -0.25) is 0 Å². The number of hydrogen-bond acceptors (Lipinski definition) is 2. The molecular formula is C26H55NOSi. The van der Waals surface area contributed by atoms with E-state index in [0.29, 0.717) is 0 Å². The Morgan fingerprint density at radius 2 is 1.24 bits per heavy atom. The van der Waals surface area contributed by atoms with Crippen LogP contribution in [0.1, 0.15) is 102 Å².